The molecular formula is C17H23N3O. The molecule has 1 aliphatic heterocycles. The minimum absolute atomic E-state index is 0.0630. The quantitative estimate of drug-likeness (QED) is 0.924. The van der Waals surface area contributed by atoms with E-state index >= 15 is 0 Å². The van der Waals surface area contributed by atoms with E-state index in [9.17, 15) is 4.79 Å². The first kappa shape index (κ1) is 15.5. The van der Waals surface area contributed by atoms with Crippen molar-refractivity contribution in [3.05, 3.63) is 35.4 Å². The number of nitriles is 1. The fourth-order valence-electron chi connectivity index (χ4n) is 2.72. The van der Waals surface area contributed by atoms with Gasteiger partial charge in [-0.15, -0.1) is 0 Å². The molecule has 1 saturated heterocycles. The van der Waals surface area contributed by atoms with Crippen LogP contribution in [0.4, 0.5) is 0 Å². The molecule has 112 valence electrons. The van der Waals surface area contributed by atoms with E-state index < -0.39 is 0 Å². The van der Waals surface area contributed by atoms with Crippen LogP contribution in [0.2, 0.25) is 0 Å². The molecule has 0 spiro atoms. The first-order valence-electron chi connectivity index (χ1n) is 7.63. The number of piperidine rings is 1. The Hall–Kier alpha value is -1.86. The van der Waals surface area contributed by atoms with Crippen molar-refractivity contribution in [1.82, 2.24) is 10.2 Å². The van der Waals surface area contributed by atoms with E-state index in [2.05, 4.69) is 25.2 Å². The molecule has 2 rings (SSSR count). The lowest BCUT2D eigenvalue weighted by Gasteiger charge is -2.33. The summed E-state index contributed by atoms with van der Waals surface area (Å²) in [6.45, 7) is 7.02. The Morgan fingerprint density at radius 1 is 1.33 bits per heavy atom. The molecule has 1 aromatic rings. The van der Waals surface area contributed by atoms with Crippen LogP contribution in [0, 0.1) is 17.2 Å². The van der Waals surface area contributed by atoms with Crippen molar-refractivity contribution >= 4 is 5.91 Å². The molecule has 0 aromatic heterocycles. The van der Waals surface area contributed by atoms with Gasteiger partial charge in [0.1, 0.15) is 0 Å². The minimum atomic E-state index is 0.0630. The SMILES string of the molecule is CC(C)N(CC1CCNCC1)C(=O)c1ccc(C#N)cc1. The van der Waals surface area contributed by atoms with Gasteiger partial charge in [0.25, 0.3) is 5.91 Å². The number of hydrogen-bond donors (Lipinski definition) is 1. The predicted octanol–water partition coefficient (Wildman–Crippen LogP) is 2.41. The van der Waals surface area contributed by atoms with E-state index in [1.54, 1.807) is 24.3 Å². The molecule has 0 aliphatic carbocycles. The average molecular weight is 285 g/mol. The largest absolute Gasteiger partial charge is 0.336 e. The van der Waals surface area contributed by atoms with E-state index in [0.29, 0.717) is 17.0 Å². The lowest BCUT2D eigenvalue weighted by molar-refractivity contribution is 0.0658. The number of carbonyl (C=O) groups is 1. The second kappa shape index (κ2) is 7.24. The molecule has 1 heterocycles. The number of amides is 1. The molecule has 1 amide bonds. The van der Waals surface area contributed by atoms with Crippen LogP contribution in [0.1, 0.15) is 42.6 Å². The van der Waals surface area contributed by atoms with Gasteiger partial charge in [0.2, 0.25) is 0 Å². The first-order valence-corrected chi connectivity index (χ1v) is 7.63. The molecule has 0 saturated carbocycles. The summed E-state index contributed by atoms with van der Waals surface area (Å²) < 4.78 is 0. The fourth-order valence-corrected chi connectivity index (χ4v) is 2.72. The second-order valence-corrected chi connectivity index (χ2v) is 5.93. The van der Waals surface area contributed by atoms with Gasteiger partial charge in [0.15, 0.2) is 0 Å². The Kier molecular flexibility index (Phi) is 5.35. The zero-order valence-electron chi connectivity index (χ0n) is 12.8. The van der Waals surface area contributed by atoms with Crippen LogP contribution in [0.5, 0.6) is 0 Å². The highest BCUT2D eigenvalue weighted by atomic mass is 16.2. The van der Waals surface area contributed by atoms with E-state index in [1.165, 1.54) is 0 Å². The molecule has 1 fully saturated rings. The predicted molar refractivity (Wildman–Crippen MR) is 82.9 cm³/mol. The zero-order chi connectivity index (χ0) is 15.2. The standard InChI is InChI=1S/C17H23N3O/c1-13(2)20(12-15-7-9-19-10-8-15)17(21)16-5-3-14(11-18)4-6-16/h3-6,13,15,19H,7-10,12H2,1-2H3. The highest BCUT2D eigenvalue weighted by Crippen LogP contribution is 2.17. The van der Waals surface area contributed by atoms with Gasteiger partial charge in [0.05, 0.1) is 11.6 Å². The maximum Gasteiger partial charge on any atom is 0.254 e. The number of nitrogens with one attached hydrogen (secondary N) is 1. The monoisotopic (exact) mass is 285 g/mol. The molecule has 4 nitrogen and oxygen atoms in total. The second-order valence-electron chi connectivity index (χ2n) is 5.93. The molecule has 1 aliphatic rings. The summed E-state index contributed by atoms with van der Waals surface area (Å²) in [5.74, 6) is 0.643. The Bertz CT molecular complexity index is 510. The fraction of sp³-hybridized carbons (Fsp3) is 0.529. The summed E-state index contributed by atoms with van der Waals surface area (Å²) in [6, 6.07) is 9.17. The molecule has 0 unspecified atom stereocenters. The third-order valence-corrected chi connectivity index (χ3v) is 4.06. The van der Waals surface area contributed by atoms with Crippen LogP contribution in [0.3, 0.4) is 0 Å². The summed E-state index contributed by atoms with van der Waals surface area (Å²) in [4.78, 5) is 14.6. The average Bonchev–Trinajstić information content (AvgIpc) is 2.53. The van der Waals surface area contributed by atoms with Crippen LogP contribution in [-0.2, 0) is 0 Å². The lowest BCUT2D eigenvalue weighted by Crippen LogP contribution is -2.42. The highest BCUT2D eigenvalue weighted by molar-refractivity contribution is 5.94. The molecule has 4 heteroatoms. The van der Waals surface area contributed by atoms with Crippen molar-refractivity contribution in [2.45, 2.75) is 32.7 Å². The Morgan fingerprint density at radius 2 is 1.95 bits per heavy atom. The van der Waals surface area contributed by atoms with Crippen molar-refractivity contribution in [3.8, 4) is 6.07 Å². The number of rotatable bonds is 4. The smallest absolute Gasteiger partial charge is 0.254 e. The van der Waals surface area contributed by atoms with E-state index in [0.717, 1.165) is 32.5 Å². The molecule has 0 bridgehead atoms. The zero-order valence-corrected chi connectivity index (χ0v) is 12.8. The summed E-state index contributed by atoms with van der Waals surface area (Å²) >= 11 is 0. The van der Waals surface area contributed by atoms with Crippen LogP contribution in [-0.4, -0.2) is 36.5 Å². The van der Waals surface area contributed by atoms with E-state index in [1.807, 2.05) is 4.90 Å². The van der Waals surface area contributed by atoms with Gasteiger partial charge in [-0.05, 0) is 70.0 Å². The van der Waals surface area contributed by atoms with Gasteiger partial charge in [0, 0.05) is 18.2 Å². The summed E-state index contributed by atoms with van der Waals surface area (Å²) in [7, 11) is 0. The van der Waals surface area contributed by atoms with Crippen LogP contribution >= 0.6 is 0 Å². The molecule has 1 N–H and O–H groups in total. The van der Waals surface area contributed by atoms with Crippen molar-refractivity contribution in [3.63, 3.8) is 0 Å². The van der Waals surface area contributed by atoms with Crippen LogP contribution in [0.25, 0.3) is 0 Å². The van der Waals surface area contributed by atoms with Gasteiger partial charge >= 0.3 is 0 Å². The number of nitrogens with zero attached hydrogens (tertiary/aromatic N) is 2. The maximum absolute atomic E-state index is 12.7. The maximum atomic E-state index is 12.7. The Labute approximate surface area is 126 Å². The van der Waals surface area contributed by atoms with E-state index in [-0.39, 0.29) is 11.9 Å². The number of carbonyl (C=O) groups excluding carboxylic acids is 1. The van der Waals surface area contributed by atoms with Gasteiger partial charge in [-0.2, -0.15) is 5.26 Å². The third-order valence-electron chi connectivity index (χ3n) is 4.06. The first-order chi connectivity index (χ1) is 10.1. The van der Waals surface area contributed by atoms with E-state index in [4.69, 9.17) is 5.26 Å². The van der Waals surface area contributed by atoms with Gasteiger partial charge in [-0.25, -0.2) is 0 Å². The Balaban J connectivity index is 2.08. The van der Waals surface area contributed by atoms with Crippen molar-refractivity contribution < 1.29 is 4.79 Å². The molecular weight excluding hydrogens is 262 g/mol. The van der Waals surface area contributed by atoms with Crippen molar-refractivity contribution in [2.24, 2.45) is 5.92 Å². The Morgan fingerprint density at radius 3 is 2.48 bits per heavy atom. The summed E-state index contributed by atoms with van der Waals surface area (Å²) in [6.07, 6.45) is 2.26. The summed E-state index contributed by atoms with van der Waals surface area (Å²) in [5, 5.41) is 12.2. The van der Waals surface area contributed by atoms with Crippen LogP contribution < -0.4 is 5.32 Å². The minimum Gasteiger partial charge on any atom is -0.336 e. The van der Waals surface area contributed by atoms with Gasteiger partial charge in [-0.1, -0.05) is 0 Å². The normalized spacial score (nSPS) is 15.7. The molecule has 0 radical (unpaired) electrons. The number of benzene rings is 1. The summed E-state index contributed by atoms with van der Waals surface area (Å²) in [5.41, 5.74) is 1.25. The lowest BCUT2D eigenvalue weighted by atomic mass is 9.96. The van der Waals surface area contributed by atoms with Crippen LogP contribution in [0.15, 0.2) is 24.3 Å². The third kappa shape index (κ3) is 4.05. The topological polar surface area (TPSA) is 56.1 Å². The highest BCUT2D eigenvalue weighted by Gasteiger charge is 2.23. The molecule has 21 heavy (non-hydrogen) atoms. The van der Waals surface area contributed by atoms with Crippen molar-refractivity contribution in [2.75, 3.05) is 19.6 Å². The van der Waals surface area contributed by atoms with Gasteiger partial charge < -0.3 is 10.2 Å². The number of hydrogen-bond acceptors (Lipinski definition) is 3. The van der Waals surface area contributed by atoms with Crippen molar-refractivity contribution in [1.29, 1.82) is 5.26 Å². The molecule has 0 atom stereocenters. The molecule has 1 aromatic carbocycles. The van der Waals surface area contributed by atoms with Gasteiger partial charge in [-0.3, -0.25) is 4.79 Å².